The average Bonchev–Trinajstić information content (AvgIpc) is 2.77. The molecule has 0 saturated carbocycles. The predicted octanol–water partition coefficient (Wildman–Crippen LogP) is 2.54. The van der Waals surface area contributed by atoms with Gasteiger partial charge in [-0.15, -0.1) is 0 Å². The van der Waals surface area contributed by atoms with E-state index in [1.807, 2.05) is 6.07 Å². The number of nitrogens with one attached hydrogen (secondary N) is 1. The monoisotopic (exact) mass is 430 g/mol. The lowest BCUT2D eigenvalue weighted by Gasteiger charge is -2.44. The van der Waals surface area contributed by atoms with E-state index in [-0.39, 0.29) is 17.9 Å². The van der Waals surface area contributed by atoms with Crippen LogP contribution in [0.25, 0.3) is 0 Å². The van der Waals surface area contributed by atoms with Crippen molar-refractivity contribution in [3.05, 3.63) is 58.6 Å². The Morgan fingerprint density at radius 1 is 1.17 bits per heavy atom. The molecule has 7 nitrogen and oxygen atoms in total. The van der Waals surface area contributed by atoms with Crippen molar-refractivity contribution in [1.82, 2.24) is 10.2 Å². The van der Waals surface area contributed by atoms with Crippen LogP contribution in [0, 0.1) is 5.92 Å². The topological polar surface area (TPSA) is 111 Å². The third kappa shape index (κ3) is 5.23. The first-order valence-electron chi connectivity index (χ1n) is 9.90. The van der Waals surface area contributed by atoms with Crippen LogP contribution in [0.4, 0.5) is 5.69 Å². The highest BCUT2D eigenvalue weighted by Crippen LogP contribution is 2.31. The van der Waals surface area contributed by atoms with E-state index in [9.17, 15) is 9.59 Å². The van der Waals surface area contributed by atoms with Gasteiger partial charge in [-0.1, -0.05) is 29.8 Å². The Morgan fingerprint density at radius 3 is 2.33 bits per heavy atom. The number of primary amides is 1. The molecule has 8 heteroatoms. The standard InChI is InChI=1S/C15H20ClN3O2.C7H7NO/c1-21-14-7-12(17)11(16)6-10(14)15(20)18-13-8-19-4-2-9(13)3-5-19;8-7(9)6-4-2-1-3-5-6/h6-7,9,13H,2-5,8,17H2,1H3,(H,18,20);1-5H,(H2,8,9). The summed E-state index contributed by atoms with van der Waals surface area (Å²) in [6, 6.07) is 12.1. The minimum absolute atomic E-state index is 0.146. The van der Waals surface area contributed by atoms with Gasteiger partial charge in [0.05, 0.1) is 23.4 Å². The van der Waals surface area contributed by atoms with Gasteiger partial charge in [0.25, 0.3) is 5.91 Å². The second-order valence-electron chi connectivity index (χ2n) is 7.52. The number of fused-ring (bicyclic) bond motifs is 3. The number of halogens is 1. The minimum Gasteiger partial charge on any atom is -0.496 e. The van der Waals surface area contributed by atoms with E-state index in [0.29, 0.717) is 33.5 Å². The first-order valence-corrected chi connectivity index (χ1v) is 10.3. The van der Waals surface area contributed by atoms with Crippen molar-refractivity contribution in [2.45, 2.75) is 18.9 Å². The van der Waals surface area contributed by atoms with Crippen molar-refractivity contribution < 1.29 is 14.3 Å². The van der Waals surface area contributed by atoms with E-state index in [2.05, 4.69) is 10.2 Å². The summed E-state index contributed by atoms with van der Waals surface area (Å²) in [5.74, 6) is 0.507. The van der Waals surface area contributed by atoms with Gasteiger partial charge < -0.3 is 26.4 Å². The first kappa shape index (κ1) is 21.9. The summed E-state index contributed by atoms with van der Waals surface area (Å²) in [5.41, 5.74) is 12.1. The number of methoxy groups -OCH3 is 1. The highest BCUT2D eigenvalue weighted by atomic mass is 35.5. The number of nitrogens with two attached hydrogens (primary N) is 2. The predicted molar refractivity (Wildman–Crippen MR) is 118 cm³/mol. The lowest BCUT2D eigenvalue weighted by Crippen LogP contribution is -2.57. The van der Waals surface area contributed by atoms with Gasteiger partial charge in [0.1, 0.15) is 5.75 Å². The van der Waals surface area contributed by atoms with Gasteiger partial charge in [-0.25, -0.2) is 0 Å². The molecular formula is C22H27ClN4O3. The number of nitrogen functional groups attached to an aromatic ring is 1. The molecule has 160 valence electrons. The van der Waals surface area contributed by atoms with Gasteiger partial charge in [-0.3, -0.25) is 9.59 Å². The second-order valence-corrected chi connectivity index (χ2v) is 7.93. The number of hydrogen-bond donors (Lipinski definition) is 3. The van der Waals surface area contributed by atoms with Gasteiger partial charge in [0.2, 0.25) is 5.91 Å². The summed E-state index contributed by atoms with van der Waals surface area (Å²) in [6.07, 6.45) is 2.31. The van der Waals surface area contributed by atoms with Gasteiger partial charge in [-0.2, -0.15) is 0 Å². The Bertz CT molecular complexity index is 899. The summed E-state index contributed by atoms with van der Waals surface area (Å²) < 4.78 is 5.24. The fraction of sp³-hybridized carbons (Fsp3) is 0.364. The number of anilines is 1. The van der Waals surface area contributed by atoms with Crippen molar-refractivity contribution in [1.29, 1.82) is 0 Å². The second kappa shape index (κ2) is 9.82. The quantitative estimate of drug-likeness (QED) is 0.645. The maximum absolute atomic E-state index is 12.5. The number of carbonyl (C=O) groups is 2. The molecule has 0 aliphatic carbocycles. The molecule has 2 aromatic rings. The lowest BCUT2D eigenvalue weighted by molar-refractivity contribution is 0.0619. The highest BCUT2D eigenvalue weighted by molar-refractivity contribution is 6.33. The third-order valence-electron chi connectivity index (χ3n) is 5.59. The van der Waals surface area contributed by atoms with E-state index >= 15 is 0 Å². The molecule has 2 amide bonds. The Morgan fingerprint density at radius 2 is 1.83 bits per heavy atom. The van der Waals surface area contributed by atoms with Crippen LogP contribution in [0.5, 0.6) is 5.75 Å². The molecule has 3 heterocycles. The SMILES string of the molecule is COc1cc(N)c(Cl)cc1C(=O)NC1CN2CCC1CC2.NC(=O)c1ccccc1. The van der Waals surface area contributed by atoms with Gasteiger partial charge in [0.15, 0.2) is 0 Å². The van der Waals surface area contributed by atoms with Crippen molar-refractivity contribution in [3.8, 4) is 5.75 Å². The summed E-state index contributed by atoms with van der Waals surface area (Å²) in [6.45, 7) is 3.23. The van der Waals surface area contributed by atoms with E-state index < -0.39 is 0 Å². The Balaban J connectivity index is 0.000000239. The fourth-order valence-corrected chi connectivity index (χ4v) is 4.06. The van der Waals surface area contributed by atoms with Crippen LogP contribution < -0.4 is 21.5 Å². The average molecular weight is 431 g/mol. The van der Waals surface area contributed by atoms with Gasteiger partial charge >= 0.3 is 0 Å². The molecular weight excluding hydrogens is 404 g/mol. The highest BCUT2D eigenvalue weighted by Gasteiger charge is 2.35. The molecule has 1 atom stereocenters. The summed E-state index contributed by atoms with van der Waals surface area (Å²) in [7, 11) is 1.52. The molecule has 5 N–H and O–H groups in total. The van der Waals surface area contributed by atoms with E-state index in [1.165, 1.54) is 7.11 Å². The van der Waals surface area contributed by atoms with Crippen molar-refractivity contribution in [3.63, 3.8) is 0 Å². The van der Waals surface area contributed by atoms with E-state index in [1.54, 1.807) is 36.4 Å². The van der Waals surface area contributed by atoms with Crippen molar-refractivity contribution in [2.75, 3.05) is 32.5 Å². The Labute approximate surface area is 181 Å². The maximum atomic E-state index is 12.5. The van der Waals surface area contributed by atoms with E-state index in [4.69, 9.17) is 27.8 Å². The largest absolute Gasteiger partial charge is 0.496 e. The summed E-state index contributed by atoms with van der Waals surface area (Å²) in [5, 5.41) is 3.50. The van der Waals surface area contributed by atoms with Crippen LogP contribution in [-0.4, -0.2) is 49.5 Å². The zero-order valence-electron chi connectivity index (χ0n) is 16.9. The van der Waals surface area contributed by atoms with Crippen LogP contribution in [0.2, 0.25) is 5.02 Å². The molecule has 3 aliphatic rings. The Kier molecular flexibility index (Phi) is 7.18. The molecule has 0 radical (unpaired) electrons. The normalized spacial score (nSPS) is 21.9. The molecule has 0 aromatic heterocycles. The minimum atomic E-state index is -0.379. The number of nitrogens with zero attached hydrogens (tertiary/aromatic N) is 1. The Hall–Kier alpha value is -2.77. The third-order valence-corrected chi connectivity index (χ3v) is 5.92. The number of ether oxygens (including phenoxy) is 1. The molecule has 3 aliphatic heterocycles. The smallest absolute Gasteiger partial charge is 0.255 e. The summed E-state index contributed by atoms with van der Waals surface area (Å²) >= 11 is 6.02. The number of benzene rings is 2. The first-order chi connectivity index (χ1) is 14.4. The number of amides is 2. The van der Waals surface area contributed by atoms with Gasteiger partial charge in [-0.05, 0) is 50.0 Å². The molecule has 0 spiro atoms. The molecule has 3 fully saturated rings. The number of carbonyl (C=O) groups excluding carboxylic acids is 2. The molecule has 3 saturated heterocycles. The zero-order valence-corrected chi connectivity index (χ0v) is 17.7. The van der Waals surface area contributed by atoms with Crippen LogP contribution in [0.3, 0.4) is 0 Å². The van der Waals surface area contributed by atoms with Crippen LogP contribution in [0.1, 0.15) is 33.6 Å². The maximum Gasteiger partial charge on any atom is 0.255 e. The van der Waals surface area contributed by atoms with Crippen LogP contribution in [-0.2, 0) is 0 Å². The lowest BCUT2D eigenvalue weighted by atomic mass is 9.84. The number of rotatable bonds is 4. The fourth-order valence-electron chi connectivity index (χ4n) is 3.89. The zero-order chi connectivity index (χ0) is 21.7. The van der Waals surface area contributed by atoms with E-state index in [0.717, 1.165) is 32.5 Å². The number of piperidine rings is 3. The number of hydrogen-bond acceptors (Lipinski definition) is 5. The molecule has 5 rings (SSSR count). The van der Waals surface area contributed by atoms with Crippen molar-refractivity contribution >= 4 is 29.1 Å². The van der Waals surface area contributed by atoms with Crippen LogP contribution in [0.15, 0.2) is 42.5 Å². The molecule has 1 unspecified atom stereocenters. The van der Waals surface area contributed by atoms with Crippen molar-refractivity contribution in [2.24, 2.45) is 11.7 Å². The molecule has 30 heavy (non-hydrogen) atoms. The summed E-state index contributed by atoms with van der Waals surface area (Å²) in [4.78, 5) is 25.3. The van der Waals surface area contributed by atoms with Gasteiger partial charge in [0, 0.05) is 24.2 Å². The molecule has 2 bridgehead atoms. The molecule has 2 aromatic carbocycles. The van der Waals surface area contributed by atoms with Crippen LogP contribution >= 0.6 is 11.6 Å².